The predicted molar refractivity (Wildman–Crippen MR) is 50.4 cm³/mol. The highest BCUT2D eigenvalue weighted by atomic mass is 32.4. The van der Waals surface area contributed by atoms with Crippen molar-refractivity contribution < 1.29 is 35.3 Å². The Morgan fingerprint density at radius 1 is 1.31 bits per heavy atom. The number of ether oxygens (including phenoxy) is 1. The van der Waals surface area contributed by atoms with Gasteiger partial charge in [-0.25, -0.2) is 8.42 Å². The topological polar surface area (TPSA) is 69.7 Å². The van der Waals surface area contributed by atoms with Crippen LogP contribution in [0.5, 0.6) is 0 Å². The fourth-order valence-corrected chi connectivity index (χ4v) is 4.08. The minimum atomic E-state index is -5.28. The van der Waals surface area contributed by atoms with Crippen LogP contribution in [-0.2, 0) is 23.3 Å². The van der Waals surface area contributed by atoms with Gasteiger partial charge < -0.3 is 4.74 Å². The van der Waals surface area contributed by atoms with E-state index in [4.69, 9.17) is 0 Å². The Kier molecular flexibility index (Phi) is 4.53. The number of halogens is 3. The third kappa shape index (κ3) is 4.49. The van der Waals surface area contributed by atoms with E-state index in [-0.39, 0.29) is 0 Å². The first-order valence-corrected chi connectivity index (χ1v) is 9.34. The van der Waals surface area contributed by atoms with Gasteiger partial charge in [0.05, 0.1) is 13.2 Å². The third-order valence-electron chi connectivity index (χ3n) is 1.68. The molecule has 0 aliphatic heterocycles. The van der Waals surface area contributed by atoms with Gasteiger partial charge in [0.15, 0.2) is 0 Å². The van der Waals surface area contributed by atoms with Crippen molar-refractivity contribution in [3.63, 3.8) is 0 Å². The van der Waals surface area contributed by atoms with E-state index < -0.39 is 35.2 Å². The molecule has 0 rings (SSSR count). The standard InChI is InChI=1S/C6H11F3O5SSi/c1-13-5(10)4-16(2,3)15(11,12)14-6(7,8)9/h4H2,1-3H3. The molecule has 0 spiro atoms. The van der Waals surface area contributed by atoms with E-state index in [0.29, 0.717) is 0 Å². The molecule has 0 unspecified atom stereocenters. The van der Waals surface area contributed by atoms with Gasteiger partial charge in [-0.15, -0.1) is 13.2 Å². The molecule has 0 aliphatic rings. The van der Waals surface area contributed by atoms with Crippen LogP contribution in [0.25, 0.3) is 0 Å². The number of alkyl halides is 3. The second kappa shape index (κ2) is 4.71. The monoisotopic (exact) mass is 280 g/mol. The molecule has 0 saturated heterocycles. The van der Waals surface area contributed by atoms with Crippen molar-refractivity contribution in [3.05, 3.63) is 0 Å². The van der Waals surface area contributed by atoms with E-state index in [9.17, 15) is 26.4 Å². The van der Waals surface area contributed by atoms with Crippen molar-refractivity contribution in [2.24, 2.45) is 0 Å². The molecular formula is C6H11F3O5SSi. The number of hydrogen-bond donors (Lipinski definition) is 0. The molecule has 96 valence electrons. The van der Waals surface area contributed by atoms with Gasteiger partial charge in [0.2, 0.25) is 16.8 Å². The van der Waals surface area contributed by atoms with Gasteiger partial charge >= 0.3 is 12.3 Å². The fourth-order valence-electron chi connectivity index (χ4n) is 0.745. The van der Waals surface area contributed by atoms with Crippen LogP contribution in [0.2, 0.25) is 19.1 Å². The number of hydrogen-bond acceptors (Lipinski definition) is 5. The zero-order valence-electron chi connectivity index (χ0n) is 8.79. The van der Waals surface area contributed by atoms with Crippen molar-refractivity contribution >= 4 is 22.8 Å². The predicted octanol–water partition coefficient (Wildman–Crippen LogP) is 1.23. The Balaban J connectivity index is 4.93. The van der Waals surface area contributed by atoms with Crippen LogP contribution >= 0.6 is 0 Å². The maximum Gasteiger partial charge on any atom is 0.536 e. The smallest absolute Gasteiger partial charge is 0.469 e. The molecule has 16 heavy (non-hydrogen) atoms. The van der Waals surface area contributed by atoms with E-state index in [1.54, 1.807) is 0 Å². The normalized spacial score (nSPS) is 13.6. The van der Waals surface area contributed by atoms with Crippen LogP contribution in [-0.4, -0.2) is 35.1 Å². The van der Waals surface area contributed by atoms with E-state index in [1.807, 2.05) is 0 Å². The fraction of sp³-hybridized carbons (Fsp3) is 0.833. The number of rotatable bonds is 4. The maximum atomic E-state index is 11.8. The van der Waals surface area contributed by atoms with E-state index >= 15 is 0 Å². The van der Waals surface area contributed by atoms with E-state index in [0.717, 1.165) is 20.2 Å². The minimum Gasteiger partial charge on any atom is -0.469 e. The molecule has 0 aliphatic carbocycles. The number of methoxy groups -OCH3 is 1. The molecule has 5 nitrogen and oxygen atoms in total. The van der Waals surface area contributed by atoms with Gasteiger partial charge in [0.1, 0.15) is 0 Å². The molecule has 0 aromatic heterocycles. The van der Waals surface area contributed by atoms with E-state index in [2.05, 4.69) is 8.92 Å². The van der Waals surface area contributed by atoms with Crippen LogP contribution < -0.4 is 0 Å². The molecule has 0 aromatic rings. The molecule has 0 amide bonds. The molecule has 0 fully saturated rings. The van der Waals surface area contributed by atoms with E-state index in [1.165, 1.54) is 0 Å². The average Bonchev–Trinajstić information content (AvgIpc) is 1.98. The molecule has 0 radical (unpaired) electrons. The zero-order chi connectivity index (χ0) is 13.2. The summed E-state index contributed by atoms with van der Waals surface area (Å²) in [5, 5.41) is 0. The van der Waals surface area contributed by atoms with Crippen LogP contribution in [0.1, 0.15) is 0 Å². The molecule has 0 heterocycles. The summed E-state index contributed by atoms with van der Waals surface area (Å²) in [6.45, 7) is 2.15. The summed E-state index contributed by atoms with van der Waals surface area (Å²) in [4.78, 5) is 10.9. The summed E-state index contributed by atoms with van der Waals surface area (Å²) in [6, 6.07) is -0.595. The molecule has 0 bridgehead atoms. The lowest BCUT2D eigenvalue weighted by Crippen LogP contribution is -2.43. The lowest BCUT2D eigenvalue weighted by molar-refractivity contribution is -0.271. The third-order valence-corrected chi connectivity index (χ3v) is 9.32. The molecule has 0 saturated carbocycles. The molecular weight excluding hydrogens is 269 g/mol. The summed E-state index contributed by atoms with van der Waals surface area (Å²) < 4.78 is 65.1. The molecule has 0 N–H and O–H groups in total. The first-order chi connectivity index (χ1) is 6.91. The lowest BCUT2D eigenvalue weighted by atomic mass is 10.8. The lowest BCUT2D eigenvalue weighted by Gasteiger charge is -2.20. The number of carbonyl (C=O) groups excluding carboxylic acids is 1. The Labute approximate surface area is 91.3 Å². The number of esters is 1. The van der Waals surface area contributed by atoms with Crippen molar-refractivity contribution in [3.8, 4) is 0 Å². The van der Waals surface area contributed by atoms with Gasteiger partial charge in [0.25, 0.3) is 0 Å². The quantitative estimate of drug-likeness (QED) is 0.572. The van der Waals surface area contributed by atoms with Crippen LogP contribution in [0.3, 0.4) is 0 Å². The van der Waals surface area contributed by atoms with Crippen molar-refractivity contribution in [1.29, 1.82) is 0 Å². The highest BCUT2D eigenvalue weighted by Gasteiger charge is 2.48. The number of carbonyl (C=O) groups is 1. The van der Waals surface area contributed by atoms with Gasteiger partial charge in [-0.1, -0.05) is 13.1 Å². The SMILES string of the molecule is COC(=O)C[Si](C)(C)S(=O)(=O)OC(F)(F)F. The van der Waals surface area contributed by atoms with Crippen molar-refractivity contribution in [2.75, 3.05) is 7.11 Å². The van der Waals surface area contributed by atoms with Crippen molar-refractivity contribution in [2.45, 2.75) is 25.5 Å². The van der Waals surface area contributed by atoms with Crippen LogP contribution in [0, 0.1) is 0 Å². The summed E-state index contributed by atoms with van der Waals surface area (Å²) in [5.74, 6) is -0.883. The van der Waals surface area contributed by atoms with Crippen LogP contribution in [0.15, 0.2) is 0 Å². The Bertz CT molecular complexity index is 361. The first-order valence-electron chi connectivity index (χ1n) is 4.00. The highest BCUT2D eigenvalue weighted by Crippen LogP contribution is 2.27. The molecule has 10 heteroatoms. The average molecular weight is 280 g/mol. The maximum absolute atomic E-state index is 11.8. The second-order valence-electron chi connectivity index (χ2n) is 3.50. The van der Waals surface area contributed by atoms with Gasteiger partial charge in [0, 0.05) is 0 Å². The Hall–Kier alpha value is -0.613. The summed E-state index contributed by atoms with van der Waals surface area (Å²) in [5.41, 5.74) is 0. The largest absolute Gasteiger partial charge is 0.536 e. The minimum absolute atomic E-state index is 0.595. The van der Waals surface area contributed by atoms with Crippen LogP contribution in [0.4, 0.5) is 13.2 Å². The highest BCUT2D eigenvalue weighted by molar-refractivity contribution is 8.18. The summed E-state index contributed by atoms with van der Waals surface area (Å²) >= 11 is 0. The van der Waals surface area contributed by atoms with Gasteiger partial charge in [-0.3, -0.25) is 4.79 Å². The summed E-state index contributed by atoms with van der Waals surface area (Å²) in [7, 11) is -7.36. The zero-order valence-corrected chi connectivity index (χ0v) is 10.6. The first kappa shape index (κ1) is 15.4. The molecule has 0 aromatic carbocycles. The van der Waals surface area contributed by atoms with Gasteiger partial charge in [-0.05, 0) is 0 Å². The molecule has 0 atom stereocenters. The summed E-state index contributed by atoms with van der Waals surface area (Å²) in [6.07, 6.45) is -5.28. The second-order valence-corrected chi connectivity index (χ2v) is 13.3. The van der Waals surface area contributed by atoms with Crippen molar-refractivity contribution in [1.82, 2.24) is 0 Å². The Morgan fingerprint density at radius 2 is 1.75 bits per heavy atom. The van der Waals surface area contributed by atoms with Gasteiger partial charge in [-0.2, -0.15) is 4.18 Å². The Morgan fingerprint density at radius 3 is 2.06 bits per heavy atom.